The van der Waals surface area contributed by atoms with Crippen LogP contribution >= 0.6 is 0 Å². The molecule has 0 bridgehead atoms. The van der Waals surface area contributed by atoms with E-state index >= 15 is 0 Å². The summed E-state index contributed by atoms with van der Waals surface area (Å²) in [4.78, 5) is 0. The van der Waals surface area contributed by atoms with Crippen molar-refractivity contribution in [2.75, 3.05) is 0 Å². The fraction of sp³-hybridized carbons (Fsp3) is 0.900. The van der Waals surface area contributed by atoms with Crippen LogP contribution in [0.25, 0.3) is 0 Å². The zero-order valence-corrected chi connectivity index (χ0v) is 7.93. The highest BCUT2D eigenvalue weighted by atomic mass is 19.1. The number of nitriles is 1. The minimum Gasteiger partial charge on any atom is -0.247 e. The van der Waals surface area contributed by atoms with E-state index in [1.165, 1.54) is 0 Å². The van der Waals surface area contributed by atoms with E-state index in [1.807, 2.05) is 0 Å². The van der Waals surface area contributed by atoms with Gasteiger partial charge in [-0.2, -0.15) is 0 Å². The molecule has 2 rings (SSSR count). The Morgan fingerprint density at radius 3 is 2.46 bits per heavy atom. The number of hydrogen-bond donors (Lipinski definition) is 0. The molecule has 0 radical (unpaired) electrons. The molecule has 13 heavy (non-hydrogen) atoms. The summed E-state index contributed by atoms with van der Waals surface area (Å²) in [7, 11) is 0. The van der Waals surface area contributed by atoms with Crippen molar-refractivity contribution in [3.05, 3.63) is 0 Å². The van der Waals surface area contributed by atoms with E-state index in [-0.39, 0.29) is 6.71 Å². The molecule has 1 heterocycles. The largest absolute Gasteiger partial charge is 0.267 e. The minimum absolute atomic E-state index is 0.254. The number of halogens is 1. The predicted molar refractivity (Wildman–Crippen MR) is 51.4 cm³/mol. The molecule has 70 valence electrons. The lowest BCUT2D eigenvalue weighted by Gasteiger charge is -2.33. The van der Waals surface area contributed by atoms with Gasteiger partial charge in [-0.15, -0.1) is 0 Å². The van der Waals surface area contributed by atoms with Crippen molar-refractivity contribution in [3.8, 4) is 5.97 Å². The Morgan fingerprint density at radius 2 is 2.00 bits per heavy atom. The average molecular weight is 179 g/mol. The van der Waals surface area contributed by atoms with Crippen molar-refractivity contribution < 1.29 is 4.39 Å². The summed E-state index contributed by atoms with van der Waals surface area (Å²) in [6.45, 7) is 0.254. The average Bonchev–Trinajstić information content (AvgIpc) is 2.49. The minimum atomic E-state index is -0.557. The van der Waals surface area contributed by atoms with Crippen LogP contribution in [0.2, 0.25) is 12.6 Å². The Morgan fingerprint density at radius 1 is 1.31 bits per heavy atom. The Kier molecular flexibility index (Phi) is 2.32. The maximum absolute atomic E-state index is 13.1. The van der Waals surface area contributed by atoms with Crippen molar-refractivity contribution in [3.63, 3.8) is 0 Å². The van der Waals surface area contributed by atoms with Gasteiger partial charge in [-0.3, -0.25) is 0 Å². The van der Waals surface area contributed by atoms with Gasteiger partial charge in [-0.1, -0.05) is 25.5 Å². The number of nitrogens with zero attached hydrogens (tertiary/aromatic N) is 1. The van der Waals surface area contributed by atoms with E-state index in [9.17, 15) is 4.39 Å². The molecule has 0 aromatic carbocycles. The van der Waals surface area contributed by atoms with E-state index < -0.39 is 6.17 Å². The fourth-order valence-electron chi connectivity index (χ4n) is 2.95. The quantitative estimate of drug-likeness (QED) is 0.524. The second-order valence-electron chi connectivity index (χ2n) is 4.74. The summed E-state index contributed by atoms with van der Waals surface area (Å²) in [5.41, 5.74) is 0.298. The molecule has 1 nitrogen and oxygen atoms in total. The number of rotatable bonds is 0. The van der Waals surface area contributed by atoms with Gasteiger partial charge < -0.3 is 0 Å². The SMILES string of the molecule is N#CB1CCC2(CC1)CCC(F)C2. The first-order chi connectivity index (χ1) is 6.24. The van der Waals surface area contributed by atoms with E-state index in [1.54, 1.807) is 0 Å². The third kappa shape index (κ3) is 1.72. The van der Waals surface area contributed by atoms with Crippen LogP contribution in [0.3, 0.4) is 0 Å². The first kappa shape index (κ1) is 9.06. The Bertz CT molecular complexity index is 228. The summed E-state index contributed by atoms with van der Waals surface area (Å²) in [5, 5.41) is 8.75. The first-order valence-corrected chi connectivity index (χ1v) is 5.28. The third-order valence-corrected chi connectivity index (χ3v) is 3.87. The molecular weight excluding hydrogens is 164 g/mol. The van der Waals surface area contributed by atoms with Gasteiger partial charge in [0.15, 0.2) is 0 Å². The van der Waals surface area contributed by atoms with Gasteiger partial charge in [0.25, 0.3) is 6.71 Å². The zero-order chi connectivity index (χ0) is 9.31. The van der Waals surface area contributed by atoms with Gasteiger partial charge in [0.2, 0.25) is 0 Å². The van der Waals surface area contributed by atoms with E-state index in [2.05, 4.69) is 5.97 Å². The van der Waals surface area contributed by atoms with Crippen LogP contribution in [0.5, 0.6) is 0 Å². The van der Waals surface area contributed by atoms with Gasteiger partial charge in [0.05, 0.1) is 0 Å². The Labute approximate surface area is 79.4 Å². The highest BCUT2D eigenvalue weighted by molar-refractivity contribution is 6.67. The predicted octanol–water partition coefficient (Wildman–Crippen LogP) is 2.85. The molecule has 2 aliphatic rings. The van der Waals surface area contributed by atoms with Gasteiger partial charge in [0, 0.05) is 5.97 Å². The van der Waals surface area contributed by atoms with E-state index in [4.69, 9.17) is 5.26 Å². The molecule has 0 aromatic rings. The second kappa shape index (κ2) is 3.33. The molecule has 1 aliphatic heterocycles. The van der Waals surface area contributed by atoms with Gasteiger partial charge in [-0.25, -0.2) is 9.65 Å². The van der Waals surface area contributed by atoms with E-state index in [0.717, 1.165) is 44.7 Å². The molecule has 0 N–H and O–H groups in total. The lowest BCUT2D eigenvalue weighted by molar-refractivity contribution is 0.230. The maximum atomic E-state index is 13.1. The molecule has 1 atom stereocenters. The lowest BCUT2D eigenvalue weighted by atomic mass is 9.39. The van der Waals surface area contributed by atoms with Gasteiger partial charge >= 0.3 is 0 Å². The molecule has 0 aromatic heterocycles. The summed E-state index contributed by atoms with van der Waals surface area (Å²) < 4.78 is 13.1. The molecule has 1 saturated heterocycles. The highest BCUT2D eigenvalue weighted by Gasteiger charge is 2.42. The molecule has 1 spiro atoms. The third-order valence-electron chi connectivity index (χ3n) is 3.87. The smallest absolute Gasteiger partial charge is 0.247 e. The Hall–Kier alpha value is -0.515. The molecule has 1 saturated carbocycles. The summed E-state index contributed by atoms with van der Waals surface area (Å²) >= 11 is 0. The molecule has 1 unspecified atom stereocenters. The van der Waals surface area contributed by atoms with Crippen molar-refractivity contribution in [1.29, 1.82) is 5.26 Å². The summed E-state index contributed by atoms with van der Waals surface area (Å²) in [6.07, 6.45) is 6.22. The van der Waals surface area contributed by atoms with Crippen molar-refractivity contribution in [2.24, 2.45) is 5.41 Å². The normalized spacial score (nSPS) is 32.0. The van der Waals surface area contributed by atoms with Crippen LogP contribution in [-0.4, -0.2) is 12.9 Å². The van der Waals surface area contributed by atoms with Crippen molar-refractivity contribution in [1.82, 2.24) is 0 Å². The number of hydrogen-bond acceptors (Lipinski definition) is 1. The van der Waals surface area contributed by atoms with Gasteiger partial charge in [0.1, 0.15) is 6.17 Å². The van der Waals surface area contributed by atoms with Crippen LogP contribution in [0.1, 0.15) is 32.1 Å². The highest BCUT2D eigenvalue weighted by Crippen LogP contribution is 2.50. The lowest BCUT2D eigenvalue weighted by Crippen LogP contribution is -2.28. The zero-order valence-electron chi connectivity index (χ0n) is 7.93. The number of alkyl halides is 1. The standard InChI is InChI=1S/C10H15BFN/c12-9-1-2-10(7-9)3-5-11(8-13)6-4-10/h9H,1-7H2. The van der Waals surface area contributed by atoms with Crippen LogP contribution in [0, 0.1) is 16.6 Å². The van der Waals surface area contributed by atoms with Crippen LogP contribution in [0.4, 0.5) is 4.39 Å². The van der Waals surface area contributed by atoms with Crippen molar-refractivity contribution in [2.45, 2.75) is 50.9 Å². The van der Waals surface area contributed by atoms with E-state index in [0.29, 0.717) is 5.41 Å². The van der Waals surface area contributed by atoms with Gasteiger partial charge in [-0.05, 0) is 24.7 Å². The summed E-state index contributed by atoms with van der Waals surface area (Å²) in [6, 6.07) is 0. The second-order valence-corrected chi connectivity index (χ2v) is 4.74. The molecule has 1 aliphatic carbocycles. The van der Waals surface area contributed by atoms with Crippen LogP contribution in [-0.2, 0) is 0 Å². The van der Waals surface area contributed by atoms with Crippen molar-refractivity contribution >= 4 is 6.71 Å². The molecular formula is C10H15BFN. The Balaban J connectivity index is 1.94. The van der Waals surface area contributed by atoms with Crippen LogP contribution in [0.15, 0.2) is 0 Å². The van der Waals surface area contributed by atoms with Crippen LogP contribution < -0.4 is 0 Å². The molecule has 0 amide bonds. The monoisotopic (exact) mass is 179 g/mol. The topological polar surface area (TPSA) is 23.8 Å². The first-order valence-electron chi connectivity index (χ1n) is 5.28. The fourth-order valence-corrected chi connectivity index (χ4v) is 2.95. The maximum Gasteiger partial charge on any atom is 0.267 e. The summed E-state index contributed by atoms with van der Waals surface area (Å²) in [5.74, 6) is 2.33. The molecule has 3 heteroatoms. The molecule has 2 fully saturated rings.